The Labute approximate surface area is 162 Å². The van der Waals surface area contributed by atoms with E-state index in [0.717, 1.165) is 16.9 Å². The monoisotopic (exact) mass is 369 g/mol. The third-order valence-electron chi connectivity index (χ3n) is 4.43. The lowest BCUT2D eigenvalue weighted by Gasteiger charge is -2.19. The van der Waals surface area contributed by atoms with Gasteiger partial charge in [0.25, 0.3) is 0 Å². The molecule has 27 heavy (non-hydrogen) atoms. The van der Waals surface area contributed by atoms with Crippen molar-refractivity contribution in [2.24, 2.45) is 0 Å². The van der Waals surface area contributed by atoms with Crippen LogP contribution in [0.1, 0.15) is 43.9 Å². The Morgan fingerprint density at radius 2 is 1.85 bits per heavy atom. The van der Waals surface area contributed by atoms with E-state index in [9.17, 15) is 9.90 Å². The highest BCUT2D eigenvalue weighted by Crippen LogP contribution is 2.22. The van der Waals surface area contributed by atoms with Crippen LogP contribution in [0.5, 0.6) is 5.75 Å². The summed E-state index contributed by atoms with van der Waals surface area (Å²) >= 11 is 0. The molecule has 2 rings (SSSR count). The molecule has 0 fully saturated rings. The van der Waals surface area contributed by atoms with E-state index in [1.807, 2.05) is 31.2 Å². The van der Waals surface area contributed by atoms with E-state index in [1.165, 1.54) is 5.56 Å². The van der Waals surface area contributed by atoms with Crippen molar-refractivity contribution in [1.29, 1.82) is 0 Å². The van der Waals surface area contributed by atoms with Gasteiger partial charge in [-0.2, -0.15) is 0 Å². The molecule has 1 unspecified atom stereocenters. The van der Waals surface area contributed by atoms with Crippen LogP contribution in [0.3, 0.4) is 0 Å². The van der Waals surface area contributed by atoms with Crippen LogP contribution in [-0.2, 0) is 16.6 Å². The minimum Gasteiger partial charge on any atom is -0.491 e. The summed E-state index contributed by atoms with van der Waals surface area (Å²) in [4.78, 5) is 12.0. The van der Waals surface area contributed by atoms with Gasteiger partial charge < -0.3 is 15.2 Å². The van der Waals surface area contributed by atoms with Crippen molar-refractivity contribution in [2.45, 2.75) is 52.1 Å². The summed E-state index contributed by atoms with van der Waals surface area (Å²) in [6.45, 7) is 8.88. The maximum atomic E-state index is 12.0. The lowest BCUT2D eigenvalue weighted by Crippen LogP contribution is -2.35. The molecule has 2 aromatic carbocycles. The molecule has 0 aromatic heterocycles. The van der Waals surface area contributed by atoms with Gasteiger partial charge in [0.05, 0.1) is 0 Å². The second kappa shape index (κ2) is 9.56. The highest BCUT2D eigenvalue weighted by Gasteiger charge is 2.13. The zero-order valence-corrected chi connectivity index (χ0v) is 16.8. The number of amides is 1. The van der Waals surface area contributed by atoms with Gasteiger partial charge in [0, 0.05) is 13.0 Å². The summed E-state index contributed by atoms with van der Waals surface area (Å²) in [5.74, 6) is 0.656. The standard InChI is InChI=1S/C23H31NO3/c1-17-6-5-7-21(14-17)27-16-20(25)15-24-22(26)13-10-18-8-11-19(12-9-18)23(2,3)4/h5-9,11-12,14,20,25H,10,13,15-16H2,1-4H3,(H,24,26). The molecule has 4 nitrogen and oxygen atoms in total. The van der Waals surface area contributed by atoms with Gasteiger partial charge in [0.1, 0.15) is 18.5 Å². The summed E-state index contributed by atoms with van der Waals surface area (Å²) in [5.41, 5.74) is 3.66. The molecule has 2 N–H and O–H groups in total. The fourth-order valence-electron chi connectivity index (χ4n) is 2.71. The molecular formula is C23H31NO3. The van der Waals surface area contributed by atoms with E-state index in [0.29, 0.717) is 12.8 Å². The summed E-state index contributed by atoms with van der Waals surface area (Å²) in [6.07, 6.45) is 0.354. The number of hydrogen-bond acceptors (Lipinski definition) is 3. The van der Waals surface area contributed by atoms with E-state index in [2.05, 4.69) is 50.4 Å². The lowest BCUT2D eigenvalue weighted by atomic mass is 9.86. The summed E-state index contributed by atoms with van der Waals surface area (Å²) in [6, 6.07) is 16.1. The summed E-state index contributed by atoms with van der Waals surface area (Å²) < 4.78 is 5.55. The molecule has 1 atom stereocenters. The molecule has 146 valence electrons. The number of aliphatic hydroxyl groups is 1. The van der Waals surface area contributed by atoms with Crippen molar-refractivity contribution in [3.63, 3.8) is 0 Å². The van der Waals surface area contributed by atoms with E-state index < -0.39 is 6.10 Å². The maximum absolute atomic E-state index is 12.0. The molecule has 0 aliphatic heterocycles. The van der Waals surface area contributed by atoms with Crippen LogP contribution in [-0.4, -0.2) is 30.3 Å². The van der Waals surface area contributed by atoms with Crippen molar-refractivity contribution in [3.05, 3.63) is 65.2 Å². The highest BCUT2D eigenvalue weighted by molar-refractivity contribution is 5.76. The van der Waals surface area contributed by atoms with Gasteiger partial charge >= 0.3 is 0 Å². The van der Waals surface area contributed by atoms with Gasteiger partial charge in [-0.05, 0) is 47.6 Å². The van der Waals surface area contributed by atoms with Crippen LogP contribution in [0.25, 0.3) is 0 Å². The van der Waals surface area contributed by atoms with E-state index in [1.54, 1.807) is 0 Å². The maximum Gasteiger partial charge on any atom is 0.220 e. The minimum absolute atomic E-state index is 0.0653. The zero-order chi connectivity index (χ0) is 19.9. The van der Waals surface area contributed by atoms with Crippen LogP contribution in [0, 0.1) is 6.92 Å². The van der Waals surface area contributed by atoms with Crippen LogP contribution in [0.4, 0.5) is 0 Å². The number of carbonyl (C=O) groups excluding carboxylic acids is 1. The van der Waals surface area contributed by atoms with E-state index in [-0.39, 0.29) is 24.5 Å². The first-order chi connectivity index (χ1) is 12.7. The fourth-order valence-corrected chi connectivity index (χ4v) is 2.71. The number of carbonyl (C=O) groups is 1. The largest absolute Gasteiger partial charge is 0.491 e. The highest BCUT2D eigenvalue weighted by atomic mass is 16.5. The third kappa shape index (κ3) is 7.43. The Bertz CT molecular complexity index is 732. The molecule has 4 heteroatoms. The Kier molecular flexibility index (Phi) is 7.43. The van der Waals surface area contributed by atoms with Gasteiger partial charge in [-0.15, -0.1) is 0 Å². The number of aryl methyl sites for hydroxylation is 2. The van der Waals surface area contributed by atoms with E-state index >= 15 is 0 Å². The minimum atomic E-state index is -0.736. The SMILES string of the molecule is Cc1cccc(OCC(O)CNC(=O)CCc2ccc(C(C)(C)C)cc2)c1. The first-order valence-electron chi connectivity index (χ1n) is 9.48. The van der Waals surface area contributed by atoms with Gasteiger partial charge in [-0.3, -0.25) is 4.79 Å². The third-order valence-corrected chi connectivity index (χ3v) is 4.43. The summed E-state index contributed by atoms with van der Waals surface area (Å²) in [5, 5.41) is 12.7. The van der Waals surface area contributed by atoms with Gasteiger partial charge in [-0.1, -0.05) is 57.2 Å². The Morgan fingerprint density at radius 1 is 1.15 bits per heavy atom. The number of benzene rings is 2. The van der Waals surface area contributed by atoms with Gasteiger partial charge in [0.15, 0.2) is 0 Å². The average Bonchev–Trinajstić information content (AvgIpc) is 2.62. The van der Waals surface area contributed by atoms with Crippen molar-refractivity contribution < 1.29 is 14.6 Å². The molecule has 0 heterocycles. The van der Waals surface area contributed by atoms with E-state index in [4.69, 9.17) is 4.74 Å². The predicted molar refractivity (Wildman–Crippen MR) is 109 cm³/mol. The van der Waals surface area contributed by atoms with Gasteiger partial charge in [-0.25, -0.2) is 0 Å². The summed E-state index contributed by atoms with van der Waals surface area (Å²) in [7, 11) is 0. The second-order valence-corrected chi connectivity index (χ2v) is 8.03. The number of ether oxygens (including phenoxy) is 1. The molecule has 0 bridgehead atoms. The van der Waals surface area contributed by atoms with Crippen molar-refractivity contribution in [1.82, 2.24) is 5.32 Å². The molecular weight excluding hydrogens is 338 g/mol. The molecule has 0 radical (unpaired) electrons. The Hall–Kier alpha value is -2.33. The van der Waals surface area contributed by atoms with Crippen LogP contribution in [0.2, 0.25) is 0 Å². The molecule has 1 amide bonds. The van der Waals surface area contributed by atoms with Crippen LogP contribution < -0.4 is 10.1 Å². The Balaban J connectivity index is 1.68. The predicted octanol–water partition coefficient (Wildman–Crippen LogP) is 3.78. The molecule has 0 saturated heterocycles. The Morgan fingerprint density at radius 3 is 2.48 bits per heavy atom. The number of hydrogen-bond donors (Lipinski definition) is 2. The topological polar surface area (TPSA) is 58.6 Å². The number of rotatable bonds is 8. The second-order valence-electron chi connectivity index (χ2n) is 8.03. The van der Waals surface area contributed by atoms with Crippen LogP contribution >= 0.6 is 0 Å². The lowest BCUT2D eigenvalue weighted by molar-refractivity contribution is -0.121. The molecule has 0 aliphatic carbocycles. The van der Waals surface area contributed by atoms with Gasteiger partial charge in [0.2, 0.25) is 5.91 Å². The molecule has 0 aliphatic rings. The average molecular weight is 370 g/mol. The first-order valence-corrected chi connectivity index (χ1v) is 9.48. The zero-order valence-electron chi connectivity index (χ0n) is 16.8. The van der Waals surface area contributed by atoms with Crippen LogP contribution in [0.15, 0.2) is 48.5 Å². The smallest absolute Gasteiger partial charge is 0.220 e. The van der Waals surface area contributed by atoms with Crippen molar-refractivity contribution in [2.75, 3.05) is 13.2 Å². The molecule has 2 aromatic rings. The quantitative estimate of drug-likeness (QED) is 0.744. The number of nitrogens with one attached hydrogen (secondary N) is 1. The first kappa shape index (κ1) is 21.0. The molecule has 0 spiro atoms. The fraction of sp³-hybridized carbons (Fsp3) is 0.435. The van der Waals surface area contributed by atoms with Crippen molar-refractivity contribution >= 4 is 5.91 Å². The van der Waals surface area contributed by atoms with Crippen molar-refractivity contribution in [3.8, 4) is 5.75 Å². The normalized spacial score (nSPS) is 12.5. The molecule has 0 saturated carbocycles. The number of aliphatic hydroxyl groups excluding tert-OH is 1.